The first-order valence-electron chi connectivity index (χ1n) is 12.3. The van der Waals surface area contributed by atoms with Gasteiger partial charge >= 0.3 is 0 Å². The van der Waals surface area contributed by atoms with Crippen LogP contribution in [0.3, 0.4) is 0 Å². The molecule has 180 valence electrons. The van der Waals surface area contributed by atoms with Crippen LogP contribution in [0.25, 0.3) is 0 Å². The fourth-order valence-electron chi connectivity index (χ4n) is 5.27. The molecule has 0 amide bonds. The number of piperazine rings is 1. The van der Waals surface area contributed by atoms with Crippen molar-refractivity contribution in [3.63, 3.8) is 0 Å². The van der Waals surface area contributed by atoms with E-state index in [0.717, 1.165) is 24.7 Å². The first-order valence-corrected chi connectivity index (χ1v) is 12.3. The van der Waals surface area contributed by atoms with Crippen LogP contribution in [0.5, 0.6) is 17.2 Å². The summed E-state index contributed by atoms with van der Waals surface area (Å²) in [5.74, 6) is 1.98. The van der Waals surface area contributed by atoms with Gasteiger partial charge in [-0.1, -0.05) is 24.6 Å². The number of para-hydroxylation sites is 1. The average Bonchev–Trinajstić information content (AvgIpc) is 2.88. The van der Waals surface area contributed by atoms with Crippen LogP contribution < -0.4 is 19.1 Å². The van der Waals surface area contributed by atoms with Gasteiger partial charge in [-0.2, -0.15) is 0 Å². The molecule has 6 heteroatoms. The SMILES string of the molecule is COc1cc(N(CCCCN2CCN3CCCCC3C2)c2ccccc2)cc(OC)c1OC. The summed E-state index contributed by atoms with van der Waals surface area (Å²) in [6, 6.07) is 15.4. The van der Waals surface area contributed by atoms with Crippen molar-refractivity contribution in [3.05, 3.63) is 42.5 Å². The number of hydrogen-bond acceptors (Lipinski definition) is 6. The third kappa shape index (κ3) is 5.74. The van der Waals surface area contributed by atoms with Crippen LogP contribution in [0.4, 0.5) is 11.4 Å². The normalized spacial score (nSPS) is 19.1. The van der Waals surface area contributed by atoms with Gasteiger partial charge in [0, 0.05) is 55.7 Å². The van der Waals surface area contributed by atoms with Crippen LogP contribution >= 0.6 is 0 Å². The highest BCUT2D eigenvalue weighted by Gasteiger charge is 2.28. The molecule has 2 aromatic carbocycles. The van der Waals surface area contributed by atoms with E-state index >= 15 is 0 Å². The van der Waals surface area contributed by atoms with Crippen LogP contribution in [-0.2, 0) is 0 Å². The Balaban J connectivity index is 1.42. The summed E-state index contributed by atoms with van der Waals surface area (Å²) < 4.78 is 16.7. The maximum atomic E-state index is 5.61. The maximum Gasteiger partial charge on any atom is 0.203 e. The fraction of sp³-hybridized carbons (Fsp3) is 0.556. The van der Waals surface area contributed by atoms with Gasteiger partial charge in [0.1, 0.15) is 0 Å². The second-order valence-corrected chi connectivity index (χ2v) is 9.06. The zero-order valence-electron chi connectivity index (χ0n) is 20.5. The number of anilines is 2. The van der Waals surface area contributed by atoms with Crippen molar-refractivity contribution in [2.75, 3.05) is 65.5 Å². The van der Waals surface area contributed by atoms with Gasteiger partial charge in [-0.3, -0.25) is 4.90 Å². The van der Waals surface area contributed by atoms with Gasteiger partial charge in [0.25, 0.3) is 0 Å². The molecule has 0 saturated carbocycles. The topological polar surface area (TPSA) is 37.4 Å². The summed E-state index contributed by atoms with van der Waals surface area (Å²) in [5, 5.41) is 0. The van der Waals surface area contributed by atoms with E-state index in [-0.39, 0.29) is 0 Å². The molecule has 2 heterocycles. The highest BCUT2D eigenvalue weighted by atomic mass is 16.5. The molecule has 0 spiro atoms. The van der Waals surface area contributed by atoms with E-state index in [1.807, 2.05) is 12.1 Å². The summed E-state index contributed by atoms with van der Waals surface area (Å²) in [7, 11) is 4.97. The van der Waals surface area contributed by atoms with Crippen molar-refractivity contribution < 1.29 is 14.2 Å². The number of methoxy groups -OCH3 is 3. The molecule has 2 aliphatic rings. The molecular weight excluding hydrogens is 414 g/mol. The van der Waals surface area contributed by atoms with Gasteiger partial charge < -0.3 is 24.0 Å². The van der Waals surface area contributed by atoms with E-state index < -0.39 is 0 Å². The van der Waals surface area contributed by atoms with Crippen molar-refractivity contribution in [1.82, 2.24) is 9.80 Å². The van der Waals surface area contributed by atoms with E-state index in [2.05, 4.69) is 45.0 Å². The molecule has 0 aromatic heterocycles. The van der Waals surface area contributed by atoms with Crippen LogP contribution in [-0.4, -0.2) is 76.4 Å². The minimum absolute atomic E-state index is 0.624. The standard InChI is InChI=1S/C27H39N3O3/c1-31-25-19-24(20-26(32-2)27(25)33-3)30(22-11-5-4-6-12-22)16-10-9-14-28-17-18-29-15-8-7-13-23(29)21-28/h4-6,11-12,19-20,23H,7-10,13-18,21H2,1-3H3. The zero-order valence-corrected chi connectivity index (χ0v) is 20.5. The fourth-order valence-corrected chi connectivity index (χ4v) is 5.27. The first kappa shape index (κ1) is 23.7. The van der Waals surface area contributed by atoms with E-state index in [0.29, 0.717) is 17.2 Å². The van der Waals surface area contributed by atoms with Gasteiger partial charge in [-0.15, -0.1) is 0 Å². The molecule has 2 aliphatic heterocycles. The predicted molar refractivity (Wildman–Crippen MR) is 134 cm³/mol. The lowest BCUT2D eigenvalue weighted by molar-refractivity contribution is 0.0488. The Hall–Kier alpha value is -2.44. The molecule has 2 fully saturated rings. The second-order valence-electron chi connectivity index (χ2n) is 9.06. The maximum absolute atomic E-state index is 5.61. The number of unbranched alkanes of at least 4 members (excludes halogenated alkanes) is 1. The lowest BCUT2D eigenvalue weighted by Crippen LogP contribution is -2.54. The number of benzene rings is 2. The molecule has 0 radical (unpaired) electrons. The Morgan fingerprint density at radius 3 is 2.30 bits per heavy atom. The molecule has 2 aromatic rings. The Morgan fingerprint density at radius 2 is 1.61 bits per heavy atom. The lowest BCUT2D eigenvalue weighted by atomic mass is 9.99. The van der Waals surface area contributed by atoms with Gasteiger partial charge in [0.05, 0.1) is 21.3 Å². The Bertz CT molecular complexity index is 851. The molecule has 0 bridgehead atoms. The molecule has 1 unspecified atom stereocenters. The van der Waals surface area contributed by atoms with E-state index in [9.17, 15) is 0 Å². The number of piperidine rings is 1. The van der Waals surface area contributed by atoms with E-state index in [1.54, 1.807) is 21.3 Å². The van der Waals surface area contributed by atoms with Crippen LogP contribution in [0, 0.1) is 0 Å². The molecule has 33 heavy (non-hydrogen) atoms. The van der Waals surface area contributed by atoms with Gasteiger partial charge in [-0.25, -0.2) is 0 Å². The molecule has 4 rings (SSSR count). The first-order chi connectivity index (χ1) is 16.2. The number of nitrogens with zero attached hydrogens (tertiary/aromatic N) is 3. The van der Waals surface area contributed by atoms with E-state index in [4.69, 9.17) is 14.2 Å². The molecule has 2 saturated heterocycles. The third-order valence-corrected chi connectivity index (χ3v) is 7.06. The third-order valence-electron chi connectivity index (χ3n) is 7.06. The molecular formula is C27H39N3O3. The highest BCUT2D eigenvalue weighted by Crippen LogP contribution is 2.42. The summed E-state index contributed by atoms with van der Waals surface area (Å²) in [6.07, 6.45) is 6.47. The molecule has 0 N–H and O–H groups in total. The molecule has 1 atom stereocenters. The van der Waals surface area contributed by atoms with Gasteiger partial charge in [-0.05, 0) is 50.9 Å². The molecule has 6 nitrogen and oxygen atoms in total. The second kappa shape index (κ2) is 11.6. The van der Waals surface area contributed by atoms with Crippen molar-refractivity contribution >= 4 is 11.4 Å². The van der Waals surface area contributed by atoms with Crippen LogP contribution in [0.2, 0.25) is 0 Å². The number of hydrogen-bond donors (Lipinski definition) is 0. The van der Waals surface area contributed by atoms with Crippen molar-refractivity contribution in [1.29, 1.82) is 0 Å². The monoisotopic (exact) mass is 453 g/mol. The van der Waals surface area contributed by atoms with Crippen molar-refractivity contribution in [2.24, 2.45) is 0 Å². The van der Waals surface area contributed by atoms with Crippen LogP contribution in [0.1, 0.15) is 32.1 Å². The number of ether oxygens (including phenoxy) is 3. The number of rotatable bonds is 10. The minimum Gasteiger partial charge on any atom is -0.493 e. The Labute approximate surface area is 199 Å². The summed E-state index contributed by atoms with van der Waals surface area (Å²) in [6.45, 7) is 7.13. The van der Waals surface area contributed by atoms with Crippen molar-refractivity contribution in [3.8, 4) is 17.2 Å². The summed E-state index contributed by atoms with van der Waals surface area (Å²) >= 11 is 0. The largest absolute Gasteiger partial charge is 0.493 e. The highest BCUT2D eigenvalue weighted by molar-refractivity contribution is 5.70. The van der Waals surface area contributed by atoms with E-state index in [1.165, 1.54) is 64.1 Å². The Kier molecular flexibility index (Phi) is 8.35. The molecule has 0 aliphatic carbocycles. The lowest BCUT2D eigenvalue weighted by Gasteiger charge is -2.44. The summed E-state index contributed by atoms with van der Waals surface area (Å²) in [4.78, 5) is 7.74. The Morgan fingerprint density at radius 1 is 0.848 bits per heavy atom. The quantitative estimate of drug-likeness (QED) is 0.481. The average molecular weight is 454 g/mol. The predicted octanol–water partition coefficient (Wildman–Crippen LogP) is 4.80. The van der Waals surface area contributed by atoms with Crippen molar-refractivity contribution in [2.45, 2.75) is 38.1 Å². The summed E-state index contributed by atoms with van der Waals surface area (Å²) in [5.41, 5.74) is 2.22. The van der Waals surface area contributed by atoms with Gasteiger partial charge in [0.2, 0.25) is 5.75 Å². The zero-order chi connectivity index (χ0) is 23.0. The minimum atomic E-state index is 0.624. The number of fused-ring (bicyclic) bond motifs is 1. The van der Waals surface area contributed by atoms with Crippen LogP contribution in [0.15, 0.2) is 42.5 Å². The van der Waals surface area contributed by atoms with Gasteiger partial charge in [0.15, 0.2) is 11.5 Å². The smallest absolute Gasteiger partial charge is 0.203 e.